The number of nitrogens with one attached hydrogen (secondary N) is 1. The van der Waals surface area contributed by atoms with Crippen LogP contribution in [-0.2, 0) is 4.74 Å². The molecule has 2 aromatic rings. The van der Waals surface area contributed by atoms with E-state index in [1.807, 2.05) is 12.1 Å². The Balaban J connectivity index is 0.000000136. The van der Waals surface area contributed by atoms with Crippen molar-refractivity contribution in [1.29, 1.82) is 0 Å². The van der Waals surface area contributed by atoms with Crippen LogP contribution in [0.5, 0.6) is 0 Å². The second-order valence-electron chi connectivity index (χ2n) is 5.46. The van der Waals surface area contributed by atoms with Gasteiger partial charge in [0.2, 0.25) is 0 Å². The van der Waals surface area contributed by atoms with Gasteiger partial charge in [0, 0.05) is 19.6 Å². The lowest BCUT2D eigenvalue weighted by atomic mass is 10.1. The first kappa shape index (κ1) is 15.6. The number of morpholine rings is 1. The largest absolute Gasteiger partial charge is 0.378 e. The Bertz CT molecular complexity index is 570. The first-order chi connectivity index (χ1) is 11.4. The molecule has 0 radical (unpaired) electrons. The second-order valence-corrected chi connectivity index (χ2v) is 5.46. The smallest absolute Gasteiger partial charge is 0.194 e. The Labute approximate surface area is 137 Å². The van der Waals surface area contributed by atoms with E-state index in [2.05, 4.69) is 63.7 Å². The van der Waals surface area contributed by atoms with Crippen molar-refractivity contribution in [2.45, 2.75) is 0 Å². The molecule has 4 heteroatoms. The Kier molecular flexibility index (Phi) is 5.64. The SMILES string of the molecule is C1CNC(N2CCOCC2)=N1.c1ccc(-c2ccccc2)cc1. The molecule has 23 heavy (non-hydrogen) atoms. The highest BCUT2D eigenvalue weighted by Crippen LogP contribution is 2.17. The van der Waals surface area contributed by atoms with Crippen LogP contribution in [-0.4, -0.2) is 50.3 Å². The third-order valence-corrected chi connectivity index (χ3v) is 3.85. The molecule has 4 nitrogen and oxygen atoms in total. The van der Waals surface area contributed by atoms with Crippen molar-refractivity contribution in [3.63, 3.8) is 0 Å². The van der Waals surface area contributed by atoms with Crippen LogP contribution in [0.25, 0.3) is 11.1 Å². The zero-order valence-electron chi connectivity index (χ0n) is 13.3. The molecular weight excluding hydrogens is 286 g/mol. The number of hydrogen-bond acceptors (Lipinski definition) is 4. The van der Waals surface area contributed by atoms with E-state index >= 15 is 0 Å². The number of hydrogen-bond donors (Lipinski definition) is 1. The third kappa shape index (κ3) is 4.57. The molecule has 4 rings (SSSR count). The van der Waals surface area contributed by atoms with E-state index in [1.165, 1.54) is 11.1 Å². The Morgan fingerprint density at radius 2 is 1.39 bits per heavy atom. The van der Waals surface area contributed by atoms with Crippen LogP contribution in [0.4, 0.5) is 0 Å². The van der Waals surface area contributed by atoms with E-state index in [0.29, 0.717) is 0 Å². The molecule has 120 valence electrons. The molecule has 0 saturated carbocycles. The lowest BCUT2D eigenvalue weighted by Gasteiger charge is -2.28. The molecule has 2 heterocycles. The molecule has 0 bridgehead atoms. The lowest BCUT2D eigenvalue weighted by molar-refractivity contribution is 0.0669. The number of ether oxygens (including phenoxy) is 1. The van der Waals surface area contributed by atoms with Crippen LogP contribution in [0.15, 0.2) is 65.7 Å². The summed E-state index contributed by atoms with van der Waals surface area (Å²) in [5.41, 5.74) is 2.55. The summed E-state index contributed by atoms with van der Waals surface area (Å²) in [5.74, 6) is 1.06. The highest BCUT2D eigenvalue weighted by atomic mass is 16.5. The predicted molar refractivity (Wildman–Crippen MR) is 94.6 cm³/mol. The van der Waals surface area contributed by atoms with Crippen LogP contribution in [0, 0.1) is 0 Å². The summed E-state index contributed by atoms with van der Waals surface area (Å²) < 4.78 is 5.23. The maximum atomic E-state index is 5.23. The Morgan fingerprint density at radius 3 is 1.87 bits per heavy atom. The minimum Gasteiger partial charge on any atom is -0.378 e. The zero-order chi connectivity index (χ0) is 15.7. The molecule has 1 fully saturated rings. The predicted octanol–water partition coefficient (Wildman–Crippen LogP) is 2.63. The van der Waals surface area contributed by atoms with Gasteiger partial charge in [-0.05, 0) is 11.1 Å². The number of benzene rings is 2. The summed E-state index contributed by atoms with van der Waals surface area (Å²) in [6, 6.07) is 20.8. The number of guanidine groups is 1. The fourth-order valence-electron chi connectivity index (χ4n) is 2.63. The van der Waals surface area contributed by atoms with Gasteiger partial charge in [-0.15, -0.1) is 0 Å². The number of aliphatic imine (C=N–C) groups is 1. The monoisotopic (exact) mass is 309 g/mol. The normalized spacial score (nSPS) is 16.9. The lowest BCUT2D eigenvalue weighted by Crippen LogP contribution is -2.45. The third-order valence-electron chi connectivity index (χ3n) is 3.85. The van der Waals surface area contributed by atoms with Gasteiger partial charge in [-0.1, -0.05) is 60.7 Å². The van der Waals surface area contributed by atoms with E-state index in [1.54, 1.807) is 0 Å². The Hall–Kier alpha value is -2.33. The second kappa shape index (κ2) is 8.34. The highest BCUT2D eigenvalue weighted by molar-refractivity contribution is 5.81. The first-order valence-electron chi connectivity index (χ1n) is 8.15. The topological polar surface area (TPSA) is 36.9 Å². The average Bonchev–Trinajstić information content (AvgIpc) is 3.19. The molecule has 0 aromatic heterocycles. The van der Waals surface area contributed by atoms with Gasteiger partial charge in [-0.3, -0.25) is 4.99 Å². The zero-order valence-corrected chi connectivity index (χ0v) is 13.3. The van der Waals surface area contributed by atoms with Gasteiger partial charge < -0.3 is 15.0 Å². The van der Waals surface area contributed by atoms with Crippen LogP contribution in [0.3, 0.4) is 0 Å². The van der Waals surface area contributed by atoms with Crippen molar-refractivity contribution in [2.24, 2.45) is 4.99 Å². The van der Waals surface area contributed by atoms with Gasteiger partial charge >= 0.3 is 0 Å². The van der Waals surface area contributed by atoms with Gasteiger partial charge in [-0.2, -0.15) is 0 Å². The fourth-order valence-corrected chi connectivity index (χ4v) is 2.63. The fraction of sp³-hybridized carbons (Fsp3) is 0.316. The van der Waals surface area contributed by atoms with Crippen molar-refractivity contribution < 1.29 is 4.74 Å². The number of nitrogens with zero attached hydrogens (tertiary/aromatic N) is 2. The summed E-state index contributed by atoms with van der Waals surface area (Å²) in [7, 11) is 0. The van der Waals surface area contributed by atoms with Gasteiger partial charge in [0.25, 0.3) is 0 Å². The van der Waals surface area contributed by atoms with E-state index in [-0.39, 0.29) is 0 Å². The van der Waals surface area contributed by atoms with Crippen molar-refractivity contribution in [2.75, 3.05) is 39.4 Å². The Morgan fingerprint density at radius 1 is 0.826 bits per heavy atom. The summed E-state index contributed by atoms with van der Waals surface area (Å²) in [6.45, 7) is 5.54. The molecule has 2 aromatic carbocycles. The summed E-state index contributed by atoms with van der Waals surface area (Å²) >= 11 is 0. The van der Waals surface area contributed by atoms with Gasteiger partial charge in [0.1, 0.15) is 0 Å². The minimum absolute atomic E-state index is 0.834. The van der Waals surface area contributed by atoms with E-state index < -0.39 is 0 Å². The molecule has 0 unspecified atom stereocenters. The highest BCUT2D eigenvalue weighted by Gasteiger charge is 2.16. The molecule has 1 saturated heterocycles. The van der Waals surface area contributed by atoms with Crippen molar-refractivity contribution >= 4 is 5.96 Å². The molecule has 0 spiro atoms. The van der Waals surface area contributed by atoms with Crippen LogP contribution in [0.1, 0.15) is 0 Å². The maximum absolute atomic E-state index is 5.23. The molecule has 2 aliphatic heterocycles. The summed E-state index contributed by atoms with van der Waals surface area (Å²) in [5, 5.41) is 3.25. The molecule has 0 aliphatic carbocycles. The molecular formula is C19H23N3O. The average molecular weight is 309 g/mol. The van der Waals surface area contributed by atoms with Crippen LogP contribution in [0.2, 0.25) is 0 Å². The first-order valence-corrected chi connectivity index (χ1v) is 8.15. The van der Waals surface area contributed by atoms with E-state index in [4.69, 9.17) is 4.74 Å². The quantitative estimate of drug-likeness (QED) is 0.880. The van der Waals surface area contributed by atoms with Gasteiger partial charge in [0.05, 0.1) is 19.8 Å². The number of rotatable bonds is 1. The standard InChI is InChI=1S/C12H10.C7H13N3O/c1-3-7-11(8-4-1)12-9-5-2-6-10-12;1-2-9-7(8-1)10-3-5-11-6-4-10/h1-10H;1-6H2,(H,8,9). The molecule has 0 atom stereocenters. The van der Waals surface area contributed by atoms with Gasteiger partial charge in [-0.25, -0.2) is 0 Å². The van der Waals surface area contributed by atoms with E-state index in [0.717, 1.165) is 45.4 Å². The van der Waals surface area contributed by atoms with Crippen molar-refractivity contribution in [3.8, 4) is 11.1 Å². The van der Waals surface area contributed by atoms with E-state index in [9.17, 15) is 0 Å². The minimum atomic E-state index is 0.834. The van der Waals surface area contributed by atoms with Gasteiger partial charge in [0.15, 0.2) is 5.96 Å². The van der Waals surface area contributed by atoms with Crippen LogP contribution >= 0.6 is 0 Å². The molecule has 0 amide bonds. The maximum Gasteiger partial charge on any atom is 0.194 e. The van der Waals surface area contributed by atoms with Crippen molar-refractivity contribution in [3.05, 3.63) is 60.7 Å². The summed E-state index contributed by atoms with van der Waals surface area (Å²) in [4.78, 5) is 6.58. The summed E-state index contributed by atoms with van der Waals surface area (Å²) in [6.07, 6.45) is 0. The van der Waals surface area contributed by atoms with Crippen LogP contribution < -0.4 is 5.32 Å². The molecule has 1 N–H and O–H groups in total. The van der Waals surface area contributed by atoms with Crippen molar-refractivity contribution in [1.82, 2.24) is 10.2 Å². The molecule has 2 aliphatic rings.